The van der Waals surface area contributed by atoms with E-state index in [4.69, 9.17) is 0 Å². The zero-order valence-electron chi connectivity index (χ0n) is 11.6. The largest absolute Gasteiger partial charge is 0.391 e. The van der Waals surface area contributed by atoms with Crippen molar-refractivity contribution in [2.75, 3.05) is 0 Å². The van der Waals surface area contributed by atoms with Crippen LogP contribution in [0.25, 0.3) is 0 Å². The van der Waals surface area contributed by atoms with Gasteiger partial charge in [0.25, 0.3) is 0 Å². The fraction of sp³-hybridized carbons (Fsp3) is 0.714. The van der Waals surface area contributed by atoms with Crippen molar-refractivity contribution in [3.8, 4) is 0 Å². The molecule has 2 unspecified atom stereocenters. The lowest BCUT2D eigenvalue weighted by Crippen LogP contribution is -2.45. The van der Waals surface area contributed by atoms with Crippen molar-refractivity contribution in [1.82, 2.24) is 10.3 Å². The lowest BCUT2D eigenvalue weighted by Gasteiger charge is -2.28. The number of carbonyl (C=O) groups excluding carboxylic acids is 1. The van der Waals surface area contributed by atoms with Crippen LogP contribution in [0.15, 0.2) is 5.38 Å². The summed E-state index contributed by atoms with van der Waals surface area (Å²) >= 11 is 1.61. The first-order valence-corrected chi connectivity index (χ1v) is 7.86. The maximum absolute atomic E-state index is 11.9. The molecule has 19 heavy (non-hydrogen) atoms. The van der Waals surface area contributed by atoms with E-state index in [1.807, 2.05) is 5.38 Å². The molecule has 5 heteroatoms. The molecule has 1 aliphatic rings. The second-order valence-electron chi connectivity index (χ2n) is 5.53. The summed E-state index contributed by atoms with van der Waals surface area (Å²) in [7, 11) is 0. The second kappa shape index (κ2) is 6.48. The number of aliphatic hydroxyl groups is 1. The van der Waals surface area contributed by atoms with E-state index in [1.165, 1.54) is 0 Å². The number of amides is 1. The number of aromatic nitrogens is 1. The molecular formula is C14H22N2O2S. The van der Waals surface area contributed by atoms with Gasteiger partial charge in [-0.25, -0.2) is 4.98 Å². The van der Waals surface area contributed by atoms with Gasteiger partial charge >= 0.3 is 0 Å². The molecule has 0 aromatic carbocycles. The number of rotatable bonds is 4. The molecule has 1 heterocycles. The minimum Gasteiger partial charge on any atom is -0.391 e. The fourth-order valence-corrected chi connectivity index (χ4v) is 3.21. The van der Waals surface area contributed by atoms with Crippen LogP contribution >= 0.6 is 11.3 Å². The Morgan fingerprint density at radius 1 is 1.53 bits per heavy atom. The number of thiazole rings is 1. The fourth-order valence-electron chi connectivity index (χ4n) is 2.37. The number of nitrogens with one attached hydrogen (secondary N) is 1. The van der Waals surface area contributed by atoms with E-state index >= 15 is 0 Å². The van der Waals surface area contributed by atoms with Crippen molar-refractivity contribution in [3.63, 3.8) is 0 Å². The predicted molar refractivity (Wildman–Crippen MR) is 76.3 cm³/mol. The number of nitrogens with zero attached hydrogens (tertiary/aromatic N) is 1. The molecule has 0 spiro atoms. The summed E-state index contributed by atoms with van der Waals surface area (Å²) in [5, 5.41) is 15.8. The molecule has 1 aromatic heterocycles. The Hall–Kier alpha value is -0.940. The highest BCUT2D eigenvalue weighted by Gasteiger charge is 2.24. The summed E-state index contributed by atoms with van der Waals surface area (Å²) < 4.78 is 0. The highest BCUT2D eigenvalue weighted by Crippen LogP contribution is 2.20. The number of hydrogen-bond donors (Lipinski definition) is 2. The topological polar surface area (TPSA) is 62.2 Å². The summed E-state index contributed by atoms with van der Waals surface area (Å²) in [4.78, 5) is 16.4. The van der Waals surface area contributed by atoms with Gasteiger partial charge in [-0.3, -0.25) is 4.79 Å². The molecule has 2 N–H and O–H groups in total. The van der Waals surface area contributed by atoms with Gasteiger partial charge in [-0.15, -0.1) is 11.3 Å². The number of hydrogen-bond acceptors (Lipinski definition) is 4. The van der Waals surface area contributed by atoms with Gasteiger partial charge in [-0.2, -0.15) is 0 Å². The van der Waals surface area contributed by atoms with Gasteiger partial charge in [-0.1, -0.05) is 26.7 Å². The standard InChI is InChI=1S/C14H22N2O2S/c1-9(2)14-15-10(8-19-14)7-13(18)16-11-5-3-4-6-12(11)17/h8-9,11-12,17H,3-7H2,1-2H3,(H,16,18). The Labute approximate surface area is 118 Å². The van der Waals surface area contributed by atoms with Gasteiger partial charge in [0.05, 0.1) is 29.3 Å². The van der Waals surface area contributed by atoms with Crippen molar-refractivity contribution in [2.24, 2.45) is 0 Å². The Morgan fingerprint density at radius 3 is 2.89 bits per heavy atom. The van der Waals surface area contributed by atoms with E-state index in [0.29, 0.717) is 12.3 Å². The molecule has 1 aliphatic carbocycles. The van der Waals surface area contributed by atoms with Crippen LogP contribution in [-0.4, -0.2) is 28.1 Å². The monoisotopic (exact) mass is 282 g/mol. The molecule has 106 valence electrons. The lowest BCUT2D eigenvalue weighted by molar-refractivity contribution is -0.122. The molecule has 1 saturated carbocycles. The van der Waals surface area contributed by atoms with Crippen molar-refractivity contribution in [1.29, 1.82) is 0 Å². The smallest absolute Gasteiger partial charge is 0.226 e. The molecule has 1 amide bonds. The van der Waals surface area contributed by atoms with Crippen molar-refractivity contribution >= 4 is 17.2 Å². The quantitative estimate of drug-likeness (QED) is 0.890. The molecule has 1 aromatic rings. The van der Waals surface area contributed by atoms with Crippen molar-refractivity contribution in [2.45, 2.75) is 64.0 Å². The average Bonchev–Trinajstić information content (AvgIpc) is 2.80. The van der Waals surface area contributed by atoms with Gasteiger partial charge in [0, 0.05) is 11.3 Å². The summed E-state index contributed by atoms with van der Waals surface area (Å²) in [5.41, 5.74) is 0.830. The average molecular weight is 282 g/mol. The zero-order chi connectivity index (χ0) is 13.8. The van der Waals surface area contributed by atoms with Gasteiger partial charge in [0.1, 0.15) is 0 Å². The van der Waals surface area contributed by atoms with Crippen LogP contribution < -0.4 is 5.32 Å². The van der Waals surface area contributed by atoms with E-state index in [0.717, 1.165) is 36.4 Å². The van der Waals surface area contributed by atoms with Gasteiger partial charge < -0.3 is 10.4 Å². The number of carbonyl (C=O) groups is 1. The molecule has 1 fully saturated rings. The van der Waals surface area contributed by atoms with E-state index in [2.05, 4.69) is 24.1 Å². The molecule has 0 saturated heterocycles. The first kappa shape index (κ1) is 14.5. The Morgan fingerprint density at radius 2 is 2.26 bits per heavy atom. The summed E-state index contributed by atoms with van der Waals surface area (Å²) in [5.74, 6) is 0.369. The van der Waals surface area contributed by atoms with Gasteiger partial charge in [0.2, 0.25) is 5.91 Å². The van der Waals surface area contributed by atoms with Crippen LogP contribution in [-0.2, 0) is 11.2 Å². The maximum atomic E-state index is 11.9. The first-order valence-electron chi connectivity index (χ1n) is 6.98. The Balaban J connectivity index is 1.86. The molecule has 0 radical (unpaired) electrons. The molecular weight excluding hydrogens is 260 g/mol. The normalized spacial score (nSPS) is 23.6. The summed E-state index contributed by atoms with van der Waals surface area (Å²) in [6.07, 6.45) is 3.72. The van der Waals surface area contributed by atoms with Crippen molar-refractivity contribution < 1.29 is 9.90 Å². The lowest BCUT2D eigenvalue weighted by atomic mass is 9.92. The molecule has 0 bridgehead atoms. The molecule has 4 nitrogen and oxygen atoms in total. The third kappa shape index (κ3) is 4.01. The molecule has 0 aliphatic heterocycles. The van der Waals surface area contributed by atoms with Crippen LogP contribution in [0.4, 0.5) is 0 Å². The zero-order valence-corrected chi connectivity index (χ0v) is 12.4. The summed E-state index contributed by atoms with van der Waals surface area (Å²) in [6, 6.07) is -0.0792. The van der Waals surface area contributed by atoms with Crippen LogP contribution in [0.2, 0.25) is 0 Å². The van der Waals surface area contributed by atoms with Gasteiger partial charge in [0.15, 0.2) is 0 Å². The van der Waals surface area contributed by atoms with Crippen LogP contribution in [0.3, 0.4) is 0 Å². The highest BCUT2D eigenvalue weighted by atomic mass is 32.1. The minimum atomic E-state index is -0.389. The van der Waals surface area contributed by atoms with Crippen LogP contribution in [0.5, 0.6) is 0 Å². The van der Waals surface area contributed by atoms with E-state index in [1.54, 1.807) is 11.3 Å². The van der Waals surface area contributed by atoms with Gasteiger partial charge in [-0.05, 0) is 12.8 Å². The highest BCUT2D eigenvalue weighted by molar-refractivity contribution is 7.09. The molecule has 2 rings (SSSR count). The van der Waals surface area contributed by atoms with Crippen LogP contribution in [0, 0.1) is 0 Å². The third-order valence-corrected chi connectivity index (χ3v) is 4.68. The maximum Gasteiger partial charge on any atom is 0.226 e. The SMILES string of the molecule is CC(C)c1nc(CC(=O)NC2CCCCC2O)cs1. The van der Waals surface area contributed by atoms with Crippen LogP contribution in [0.1, 0.15) is 56.2 Å². The summed E-state index contributed by atoms with van der Waals surface area (Å²) in [6.45, 7) is 4.20. The van der Waals surface area contributed by atoms with E-state index in [9.17, 15) is 9.90 Å². The number of aliphatic hydroxyl groups excluding tert-OH is 1. The Kier molecular flexibility index (Phi) is 4.93. The predicted octanol–water partition coefficient (Wildman–Crippen LogP) is 2.23. The Bertz CT molecular complexity index is 431. The molecule has 2 atom stereocenters. The van der Waals surface area contributed by atoms with E-state index in [-0.39, 0.29) is 18.1 Å². The van der Waals surface area contributed by atoms with E-state index < -0.39 is 0 Å². The second-order valence-corrected chi connectivity index (χ2v) is 6.42. The third-order valence-electron chi connectivity index (χ3n) is 3.48. The van der Waals surface area contributed by atoms with Crippen molar-refractivity contribution in [3.05, 3.63) is 16.1 Å². The first-order chi connectivity index (χ1) is 9.06. The minimum absolute atomic E-state index is 0.0356.